The highest BCUT2D eigenvalue weighted by Crippen LogP contribution is 2.20. The van der Waals surface area contributed by atoms with Crippen LogP contribution in [0.2, 0.25) is 0 Å². The van der Waals surface area contributed by atoms with Gasteiger partial charge in [0.1, 0.15) is 5.82 Å². The van der Waals surface area contributed by atoms with Crippen molar-refractivity contribution in [2.75, 3.05) is 5.32 Å². The Morgan fingerprint density at radius 2 is 2.00 bits per heavy atom. The van der Waals surface area contributed by atoms with Gasteiger partial charge >= 0.3 is 5.97 Å². The minimum absolute atomic E-state index is 0.0877. The van der Waals surface area contributed by atoms with Crippen molar-refractivity contribution in [3.05, 3.63) is 59.7 Å². The second-order valence-electron chi connectivity index (χ2n) is 4.34. The van der Waals surface area contributed by atoms with Gasteiger partial charge in [0.05, 0.1) is 11.3 Å². The number of para-hydroxylation sites is 1. The first kappa shape index (κ1) is 14.6. The van der Waals surface area contributed by atoms with E-state index in [1.54, 1.807) is 24.4 Å². The van der Waals surface area contributed by atoms with E-state index in [2.05, 4.69) is 10.3 Å². The average Bonchev–Trinajstić information content (AvgIpc) is 2.48. The molecule has 1 aromatic heterocycles. The minimum Gasteiger partial charge on any atom is -0.478 e. The number of aryl methyl sites for hydroxylation is 1. The molecule has 1 amide bonds. The number of nitrogens with one attached hydrogen (secondary N) is 1. The van der Waals surface area contributed by atoms with Crippen LogP contribution in [-0.4, -0.2) is 22.0 Å². The van der Waals surface area contributed by atoms with Crippen LogP contribution in [0.3, 0.4) is 0 Å². The summed E-state index contributed by atoms with van der Waals surface area (Å²) in [6.45, 7) is 0. The summed E-state index contributed by atoms with van der Waals surface area (Å²) in [6.07, 6.45) is 2.10. The molecule has 108 valence electrons. The Kier molecular flexibility index (Phi) is 4.61. The summed E-state index contributed by atoms with van der Waals surface area (Å²) >= 11 is 0. The standard InChI is InChI=1S/C15H13FN2O3/c16-12-6-3-5-11(15(20)21)14(12)18-13(19)8-7-10-4-1-2-9-17-10/h1-6,9H,7-8H2,(H,18,19)(H,20,21). The normalized spacial score (nSPS) is 10.1. The van der Waals surface area contributed by atoms with Crippen molar-refractivity contribution in [3.8, 4) is 0 Å². The van der Waals surface area contributed by atoms with Crippen molar-refractivity contribution in [1.29, 1.82) is 0 Å². The van der Waals surface area contributed by atoms with E-state index in [1.807, 2.05) is 0 Å². The largest absolute Gasteiger partial charge is 0.478 e. The number of benzene rings is 1. The Hall–Kier alpha value is -2.76. The van der Waals surface area contributed by atoms with Gasteiger partial charge in [0.2, 0.25) is 5.91 Å². The van der Waals surface area contributed by atoms with Gasteiger partial charge in [-0.25, -0.2) is 9.18 Å². The van der Waals surface area contributed by atoms with E-state index in [1.165, 1.54) is 12.1 Å². The van der Waals surface area contributed by atoms with Crippen molar-refractivity contribution in [3.63, 3.8) is 0 Å². The molecule has 0 spiro atoms. The summed E-state index contributed by atoms with van der Waals surface area (Å²) in [5.41, 5.74) is 0.150. The molecule has 6 heteroatoms. The molecule has 21 heavy (non-hydrogen) atoms. The van der Waals surface area contributed by atoms with Crippen molar-refractivity contribution >= 4 is 17.6 Å². The molecule has 0 saturated heterocycles. The molecule has 1 aromatic carbocycles. The number of halogens is 1. The molecule has 0 unspecified atom stereocenters. The van der Waals surface area contributed by atoms with E-state index in [-0.39, 0.29) is 17.7 Å². The summed E-state index contributed by atoms with van der Waals surface area (Å²) in [5.74, 6) is -2.54. The highest BCUT2D eigenvalue weighted by atomic mass is 19.1. The number of rotatable bonds is 5. The number of anilines is 1. The fourth-order valence-electron chi connectivity index (χ4n) is 1.82. The number of hydrogen-bond donors (Lipinski definition) is 2. The van der Waals surface area contributed by atoms with Crippen molar-refractivity contribution in [1.82, 2.24) is 4.98 Å². The monoisotopic (exact) mass is 288 g/mol. The maximum absolute atomic E-state index is 13.6. The molecule has 0 aliphatic heterocycles. The molecule has 0 bridgehead atoms. The van der Waals surface area contributed by atoms with Crippen molar-refractivity contribution in [2.45, 2.75) is 12.8 Å². The zero-order chi connectivity index (χ0) is 15.2. The Balaban J connectivity index is 2.05. The summed E-state index contributed by atoms with van der Waals surface area (Å²) in [5, 5.41) is 11.3. The zero-order valence-corrected chi connectivity index (χ0v) is 11.0. The van der Waals surface area contributed by atoms with E-state index in [4.69, 9.17) is 5.11 Å². The Labute approximate surface area is 120 Å². The number of amides is 1. The van der Waals surface area contributed by atoms with Crippen molar-refractivity contribution < 1.29 is 19.1 Å². The molecule has 0 radical (unpaired) electrons. The molecule has 0 saturated carbocycles. The van der Waals surface area contributed by atoms with Crippen LogP contribution in [0.1, 0.15) is 22.5 Å². The lowest BCUT2D eigenvalue weighted by Crippen LogP contribution is -2.16. The van der Waals surface area contributed by atoms with Gasteiger partial charge in [0.15, 0.2) is 0 Å². The van der Waals surface area contributed by atoms with Crippen LogP contribution in [0.15, 0.2) is 42.6 Å². The van der Waals surface area contributed by atoms with E-state index in [9.17, 15) is 14.0 Å². The zero-order valence-electron chi connectivity index (χ0n) is 11.0. The van der Waals surface area contributed by atoms with E-state index in [0.29, 0.717) is 6.42 Å². The van der Waals surface area contributed by atoms with Crippen LogP contribution in [0, 0.1) is 5.82 Å². The molecule has 0 aliphatic carbocycles. The summed E-state index contributed by atoms with van der Waals surface area (Å²) in [4.78, 5) is 26.9. The Morgan fingerprint density at radius 3 is 2.67 bits per heavy atom. The third-order valence-corrected chi connectivity index (χ3v) is 2.84. The fraction of sp³-hybridized carbons (Fsp3) is 0.133. The van der Waals surface area contributed by atoms with E-state index in [0.717, 1.165) is 11.8 Å². The van der Waals surface area contributed by atoms with E-state index < -0.39 is 17.7 Å². The lowest BCUT2D eigenvalue weighted by molar-refractivity contribution is -0.116. The predicted octanol–water partition coefficient (Wildman–Crippen LogP) is 2.49. The molecular formula is C15H13FN2O3. The van der Waals surface area contributed by atoms with Crippen LogP contribution >= 0.6 is 0 Å². The minimum atomic E-state index is -1.30. The van der Waals surface area contributed by atoms with E-state index >= 15 is 0 Å². The highest BCUT2D eigenvalue weighted by molar-refractivity contribution is 6.00. The van der Waals surface area contributed by atoms with Gasteiger partial charge in [-0.2, -0.15) is 0 Å². The third kappa shape index (κ3) is 3.85. The smallest absolute Gasteiger partial charge is 0.337 e. The van der Waals surface area contributed by atoms with Gasteiger partial charge in [-0.05, 0) is 30.7 Å². The van der Waals surface area contributed by atoms with Crippen LogP contribution in [0.5, 0.6) is 0 Å². The second-order valence-corrected chi connectivity index (χ2v) is 4.34. The number of carbonyl (C=O) groups excluding carboxylic acids is 1. The van der Waals surface area contributed by atoms with Gasteiger partial charge in [0, 0.05) is 18.3 Å². The average molecular weight is 288 g/mol. The van der Waals surface area contributed by atoms with Gasteiger partial charge in [-0.1, -0.05) is 12.1 Å². The van der Waals surface area contributed by atoms with Gasteiger partial charge in [-0.3, -0.25) is 9.78 Å². The molecule has 2 rings (SSSR count). The highest BCUT2D eigenvalue weighted by Gasteiger charge is 2.16. The Morgan fingerprint density at radius 1 is 1.19 bits per heavy atom. The number of carboxylic acid groups (broad SMARTS) is 1. The molecule has 2 N–H and O–H groups in total. The number of nitrogens with zero attached hydrogens (tertiary/aromatic N) is 1. The lowest BCUT2D eigenvalue weighted by atomic mass is 10.1. The topological polar surface area (TPSA) is 79.3 Å². The molecule has 2 aromatic rings. The SMILES string of the molecule is O=C(CCc1ccccn1)Nc1c(F)cccc1C(=O)O. The third-order valence-electron chi connectivity index (χ3n) is 2.84. The summed E-state index contributed by atoms with van der Waals surface area (Å²) in [7, 11) is 0. The van der Waals surface area contributed by atoms with Crippen LogP contribution < -0.4 is 5.32 Å². The Bertz CT molecular complexity index is 659. The summed E-state index contributed by atoms with van der Waals surface area (Å²) < 4.78 is 13.6. The molecular weight excluding hydrogens is 275 g/mol. The molecule has 0 fully saturated rings. The molecule has 0 atom stereocenters. The number of carbonyl (C=O) groups is 2. The number of aromatic nitrogens is 1. The summed E-state index contributed by atoms with van der Waals surface area (Å²) in [6, 6.07) is 8.96. The van der Waals surface area contributed by atoms with Gasteiger partial charge in [-0.15, -0.1) is 0 Å². The number of hydrogen-bond acceptors (Lipinski definition) is 3. The number of pyridine rings is 1. The first-order valence-electron chi connectivity index (χ1n) is 6.29. The van der Waals surface area contributed by atoms with Crippen molar-refractivity contribution in [2.24, 2.45) is 0 Å². The molecule has 0 aliphatic rings. The second kappa shape index (κ2) is 6.60. The molecule has 1 heterocycles. The maximum Gasteiger partial charge on any atom is 0.337 e. The van der Waals surface area contributed by atoms with Crippen LogP contribution in [0.25, 0.3) is 0 Å². The molecule has 5 nitrogen and oxygen atoms in total. The fourth-order valence-corrected chi connectivity index (χ4v) is 1.82. The van der Waals surface area contributed by atoms with Crippen LogP contribution in [0.4, 0.5) is 10.1 Å². The van der Waals surface area contributed by atoms with Crippen LogP contribution in [-0.2, 0) is 11.2 Å². The number of carboxylic acids is 1. The quantitative estimate of drug-likeness (QED) is 0.886. The number of aromatic carboxylic acids is 1. The predicted molar refractivity (Wildman–Crippen MR) is 74.5 cm³/mol. The first-order chi connectivity index (χ1) is 10.1. The lowest BCUT2D eigenvalue weighted by Gasteiger charge is -2.09. The van der Waals surface area contributed by atoms with Gasteiger partial charge in [0.25, 0.3) is 0 Å². The van der Waals surface area contributed by atoms with Gasteiger partial charge < -0.3 is 10.4 Å². The first-order valence-corrected chi connectivity index (χ1v) is 6.29. The maximum atomic E-state index is 13.6.